The van der Waals surface area contributed by atoms with Crippen molar-refractivity contribution in [1.82, 2.24) is 9.99 Å². The molecule has 3 aromatic rings. The molecule has 2 aromatic carbocycles. The molecule has 144 valence electrons. The fourth-order valence-electron chi connectivity index (χ4n) is 3.32. The van der Waals surface area contributed by atoms with Gasteiger partial charge in [0, 0.05) is 22.0 Å². The molecule has 1 aromatic heterocycles. The highest BCUT2D eigenvalue weighted by Gasteiger charge is 2.14. The summed E-state index contributed by atoms with van der Waals surface area (Å²) in [5.41, 5.74) is 9.51. The third-order valence-electron chi connectivity index (χ3n) is 4.68. The van der Waals surface area contributed by atoms with E-state index >= 15 is 0 Å². The minimum atomic E-state index is -0.388. The molecule has 0 saturated carbocycles. The Hall–Kier alpha value is -2.56. The van der Waals surface area contributed by atoms with E-state index in [0.29, 0.717) is 10.6 Å². The zero-order valence-electron chi connectivity index (χ0n) is 16.2. The second-order valence-corrected chi connectivity index (χ2v) is 7.57. The Balaban J connectivity index is 1.85. The van der Waals surface area contributed by atoms with Crippen molar-refractivity contribution in [3.8, 4) is 5.69 Å². The Labute approximate surface area is 174 Å². The third kappa shape index (κ3) is 3.98. The normalized spacial score (nSPS) is 11.2. The molecule has 0 fully saturated rings. The van der Waals surface area contributed by atoms with E-state index in [2.05, 4.69) is 54.1 Å². The Morgan fingerprint density at radius 3 is 2.36 bits per heavy atom. The van der Waals surface area contributed by atoms with Gasteiger partial charge in [-0.05, 0) is 63.1 Å². The first-order valence-electron chi connectivity index (χ1n) is 8.83. The molecule has 0 bridgehead atoms. The highest BCUT2D eigenvalue weighted by molar-refractivity contribution is 6.36. The van der Waals surface area contributed by atoms with Crippen LogP contribution in [-0.2, 0) is 0 Å². The quantitative estimate of drug-likeness (QED) is 0.427. The standard InChI is InChI=1S/C22H21Cl2N3O/c1-13-6-5-7-14(2)21(13)27-15(3)10-17(16(27)4)12-25-26-22(28)19-9-8-18(23)11-20(19)24/h5-12H,1-4H3,(H,26,28)/b25-12-. The zero-order valence-corrected chi connectivity index (χ0v) is 17.7. The van der Waals surface area contributed by atoms with Gasteiger partial charge < -0.3 is 4.57 Å². The van der Waals surface area contributed by atoms with E-state index in [1.54, 1.807) is 18.3 Å². The van der Waals surface area contributed by atoms with Crippen LogP contribution in [0.5, 0.6) is 0 Å². The van der Waals surface area contributed by atoms with Gasteiger partial charge in [0.05, 0.1) is 22.5 Å². The van der Waals surface area contributed by atoms with Crippen molar-refractivity contribution in [2.45, 2.75) is 27.7 Å². The average molecular weight is 414 g/mol. The fourth-order valence-corrected chi connectivity index (χ4v) is 3.81. The molecule has 1 amide bonds. The maximum absolute atomic E-state index is 12.3. The SMILES string of the molecule is Cc1cccc(C)c1-n1c(C)cc(/C=N\NC(=O)c2ccc(Cl)cc2Cl)c1C. The first-order chi connectivity index (χ1) is 13.3. The van der Waals surface area contributed by atoms with Gasteiger partial charge in [-0.15, -0.1) is 0 Å². The first-order valence-corrected chi connectivity index (χ1v) is 9.59. The lowest BCUT2D eigenvalue weighted by Gasteiger charge is -2.15. The van der Waals surface area contributed by atoms with Gasteiger partial charge in [-0.2, -0.15) is 5.10 Å². The number of carbonyl (C=O) groups is 1. The third-order valence-corrected chi connectivity index (χ3v) is 5.23. The van der Waals surface area contributed by atoms with Crippen molar-refractivity contribution < 1.29 is 4.79 Å². The summed E-state index contributed by atoms with van der Waals surface area (Å²) < 4.78 is 2.21. The number of hydrazone groups is 1. The molecule has 1 heterocycles. The van der Waals surface area contributed by atoms with Crippen LogP contribution in [0, 0.1) is 27.7 Å². The molecular weight excluding hydrogens is 393 g/mol. The van der Waals surface area contributed by atoms with E-state index in [-0.39, 0.29) is 10.9 Å². The number of aromatic nitrogens is 1. The second kappa shape index (κ2) is 8.21. The largest absolute Gasteiger partial charge is 0.317 e. The molecule has 0 aliphatic carbocycles. The number of benzene rings is 2. The van der Waals surface area contributed by atoms with Crippen LogP contribution in [-0.4, -0.2) is 16.7 Å². The van der Waals surface area contributed by atoms with Crippen LogP contribution in [0.2, 0.25) is 10.0 Å². The van der Waals surface area contributed by atoms with Gasteiger partial charge in [0.25, 0.3) is 5.91 Å². The molecule has 28 heavy (non-hydrogen) atoms. The molecule has 3 rings (SSSR count). The highest BCUT2D eigenvalue weighted by atomic mass is 35.5. The molecule has 0 unspecified atom stereocenters. The smallest absolute Gasteiger partial charge is 0.272 e. The van der Waals surface area contributed by atoms with Gasteiger partial charge in [-0.1, -0.05) is 41.4 Å². The van der Waals surface area contributed by atoms with Gasteiger partial charge in [-0.25, -0.2) is 5.43 Å². The number of nitrogens with one attached hydrogen (secondary N) is 1. The summed E-state index contributed by atoms with van der Waals surface area (Å²) in [5.74, 6) is -0.388. The zero-order chi connectivity index (χ0) is 20.4. The lowest BCUT2D eigenvalue weighted by Crippen LogP contribution is -2.18. The van der Waals surface area contributed by atoms with Gasteiger partial charge in [0.15, 0.2) is 0 Å². The molecular formula is C22H21Cl2N3O. The van der Waals surface area contributed by atoms with Gasteiger partial charge in [0.1, 0.15) is 0 Å². The molecule has 6 heteroatoms. The van der Waals surface area contributed by atoms with Crippen molar-refractivity contribution in [3.05, 3.63) is 86.2 Å². The van der Waals surface area contributed by atoms with Crippen LogP contribution in [0.4, 0.5) is 0 Å². The van der Waals surface area contributed by atoms with E-state index in [1.807, 2.05) is 13.0 Å². The molecule has 0 radical (unpaired) electrons. The van der Waals surface area contributed by atoms with Crippen LogP contribution >= 0.6 is 23.2 Å². The number of halogens is 2. The van der Waals surface area contributed by atoms with Gasteiger partial charge in [-0.3, -0.25) is 4.79 Å². The number of hydrogen-bond donors (Lipinski definition) is 1. The predicted octanol–water partition coefficient (Wildman–Crippen LogP) is 5.78. The average Bonchev–Trinajstić information content (AvgIpc) is 2.89. The van der Waals surface area contributed by atoms with E-state index in [1.165, 1.54) is 22.9 Å². The summed E-state index contributed by atoms with van der Waals surface area (Å²) in [5, 5.41) is 4.87. The van der Waals surface area contributed by atoms with Crippen LogP contribution in [0.1, 0.15) is 38.4 Å². The van der Waals surface area contributed by atoms with Crippen LogP contribution in [0.15, 0.2) is 47.6 Å². The topological polar surface area (TPSA) is 46.4 Å². The summed E-state index contributed by atoms with van der Waals surface area (Å²) in [6.07, 6.45) is 1.65. The van der Waals surface area contributed by atoms with Crippen LogP contribution < -0.4 is 5.43 Å². The highest BCUT2D eigenvalue weighted by Crippen LogP contribution is 2.25. The summed E-state index contributed by atoms with van der Waals surface area (Å²) in [6.45, 7) is 8.30. The minimum absolute atomic E-state index is 0.286. The van der Waals surface area contributed by atoms with Crippen molar-refractivity contribution >= 4 is 35.3 Å². The molecule has 0 atom stereocenters. The Morgan fingerprint density at radius 1 is 1.04 bits per heavy atom. The molecule has 0 saturated heterocycles. The lowest BCUT2D eigenvalue weighted by atomic mass is 10.1. The van der Waals surface area contributed by atoms with E-state index < -0.39 is 0 Å². The molecule has 4 nitrogen and oxygen atoms in total. The summed E-state index contributed by atoms with van der Waals surface area (Å²) >= 11 is 11.9. The van der Waals surface area contributed by atoms with E-state index in [4.69, 9.17) is 23.2 Å². The Morgan fingerprint density at radius 2 is 1.71 bits per heavy atom. The van der Waals surface area contributed by atoms with Crippen molar-refractivity contribution in [2.24, 2.45) is 5.10 Å². The number of rotatable bonds is 4. The van der Waals surface area contributed by atoms with E-state index in [0.717, 1.165) is 17.0 Å². The summed E-state index contributed by atoms with van der Waals surface area (Å²) in [4.78, 5) is 12.3. The van der Waals surface area contributed by atoms with Gasteiger partial charge in [0.2, 0.25) is 0 Å². The predicted molar refractivity (Wildman–Crippen MR) is 116 cm³/mol. The van der Waals surface area contributed by atoms with Crippen LogP contribution in [0.25, 0.3) is 5.69 Å². The fraction of sp³-hybridized carbons (Fsp3) is 0.182. The van der Waals surface area contributed by atoms with Crippen molar-refractivity contribution in [3.63, 3.8) is 0 Å². The van der Waals surface area contributed by atoms with Gasteiger partial charge >= 0.3 is 0 Å². The Kier molecular flexibility index (Phi) is 5.92. The van der Waals surface area contributed by atoms with Crippen LogP contribution in [0.3, 0.4) is 0 Å². The number of amides is 1. The van der Waals surface area contributed by atoms with Crippen molar-refractivity contribution in [1.29, 1.82) is 0 Å². The maximum Gasteiger partial charge on any atom is 0.272 e. The molecule has 1 N–H and O–H groups in total. The van der Waals surface area contributed by atoms with E-state index in [9.17, 15) is 4.79 Å². The molecule has 0 aliphatic rings. The maximum atomic E-state index is 12.3. The number of nitrogens with zero attached hydrogens (tertiary/aromatic N) is 2. The Bertz CT molecular complexity index is 1060. The summed E-state index contributed by atoms with van der Waals surface area (Å²) in [7, 11) is 0. The lowest BCUT2D eigenvalue weighted by molar-refractivity contribution is 0.0955. The number of hydrogen-bond acceptors (Lipinski definition) is 2. The molecule has 0 aliphatic heterocycles. The number of aryl methyl sites for hydroxylation is 3. The number of para-hydroxylation sites is 1. The van der Waals surface area contributed by atoms with Crippen molar-refractivity contribution in [2.75, 3.05) is 0 Å². The number of carbonyl (C=O) groups excluding carboxylic acids is 1. The molecule has 0 spiro atoms. The first kappa shape index (κ1) is 20.2. The monoisotopic (exact) mass is 413 g/mol. The summed E-state index contributed by atoms with van der Waals surface area (Å²) in [6, 6.07) is 13.0. The second-order valence-electron chi connectivity index (χ2n) is 6.73. The minimum Gasteiger partial charge on any atom is -0.317 e.